The Kier molecular flexibility index (Phi) is 4.27. The summed E-state index contributed by atoms with van der Waals surface area (Å²) in [6.07, 6.45) is 1.39. The standard InChI is InChI=1S/C14H17N3O3/c1-17(11-4-3-5-12(7-11)19-2)8-13-6-10(9-20-13)14(18)16-15/h3-7,9H,8,15H2,1-2H3,(H,16,18). The molecule has 0 radical (unpaired) electrons. The summed E-state index contributed by atoms with van der Waals surface area (Å²) in [6, 6.07) is 9.36. The molecule has 0 saturated heterocycles. The smallest absolute Gasteiger partial charge is 0.268 e. The zero-order chi connectivity index (χ0) is 14.5. The van der Waals surface area contributed by atoms with Crippen molar-refractivity contribution in [2.45, 2.75) is 6.54 Å². The number of rotatable bonds is 5. The SMILES string of the molecule is COc1cccc(N(C)Cc2cc(C(=O)NN)co2)c1. The number of nitrogens with one attached hydrogen (secondary N) is 1. The normalized spacial score (nSPS) is 10.2. The highest BCUT2D eigenvalue weighted by Gasteiger charge is 2.11. The molecule has 0 aliphatic rings. The monoisotopic (exact) mass is 275 g/mol. The van der Waals surface area contributed by atoms with Gasteiger partial charge >= 0.3 is 0 Å². The van der Waals surface area contributed by atoms with Gasteiger partial charge in [-0.15, -0.1) is 0 Å². The molecule has 0 fully saturated rings. The first-order valence-electron chi connectivity index (χ1n) is 6.07. The van der Waals surface area contributed by atoms with E-state index in [-0.39, 0.29) is 5.91 Å². The van der Waals surface area contributed by atoms with Crippen LogP contribution in [0.2, 0.25) is 0 Å². The number of furan rings is 1. The number of hydrazine groups is 1. The second-order valence-corrected chi connectivity index (χ2v) is 4.33. The van der Waals surface area contributed by atoms with Crippen LogP contribution in [0.1, 0.15) is 16.1 Å². The molecule has 2 aromatic rings. The summed E-state index contributed by atoms with van der Waals surface area (Å²) in [5.41, 5.74) is 3.46. The quantitative estimate of drug-likeness (QED) is 0.491. The van der Waals surface area contributed by atoms with Crippen molar-refractivity contribution in [1.82, 2.24) is 5.43 Å². The second-order valence-electron chi connectivity index (χ2n) is 4.33. The maximum Gasteiger partial charge on any atom is 0.268 e. The van der Waals surface area contributed by atoms with Crippen LogP contribution < -0.4 is 20.9 Å². The Morgan fingerprint density at radius 3 is 2.95 bits per heavy atom. The van der Waals surface area contributed by atoms with Gasteiger partial charge < -0.3 is 14.1 Å². The summed E-state index contributed by atoms with van der Waals surface area (Å²) in [6.45, 7) is 0.533. The third-order valence-corrected chi connectivity index (χ3v) is 2.93. The van der Waals surface area contributed by atoms with Crippen molar-refractivity contribution in [2.75, 3.05) is 19.1 Å². The van der Waals surface area contributed by atoms with Gasteiger partial charge in [0.25, 0.3) is 5.91 Å². The Morgan fingerprint density at radius 1 is 1.45 bits per heavy atom. The second kappa shape index (κ2) is 6.12. The first kappa shape index (κ1) is 14.0. The lowest BCUT2D eigenvalue weighted by atomic mass is 10.2. The molecule has 0 aliphatic carbocycles. The minimum atomic E-state index is -0.371. The number of carbonyl (C=O) groups excluding carboxylic acids is 1. The van der Waals surface area contributed by atoms with Crippen molar-refractivity contribution in [3.05, 3.63) is 47.9 Å². The number of methoxy groups -OCH3 is 1. The van der Waals surface area contributed by atoms with Gasteiger partial charge in [-0.3, -0.25) is 10.2 Å². The van der Waals surface area contributed by atoms with E-state index in [2.05, 4.69) is 5.43 Å². The van der Waals surface area contributed by atoms with E-state index < -0.39 is 0 Å². The van der Waals surface area contributed by atoms with Crippen LogP contribution in [0.3, 0.4) is 0 Å². The lowest BCUT2D eigenvalue weighted by molar-refractivity contribution is 0.0953. The van der Waals surface area contributed by atoms with E-state index in [4.69, 9.17) is 15.0 Å². The maximum absolute atomic E-state index is 11.3. The van der Waals surface area contributed by atoms with Crippen LogP contribution in [0.25, 0.3) is 0 Å². The summed E-state index contributed by atoms with van der Waals surface area (Å²) in [5.74, 6) is 6.16. The van der Waals surface area contributed by atoms with Crippen LogP contribution in [-0.2, 0) is 6.54 Å². The predicted molar refractivity (Wildman–Crippen MR) is 75.5 cm³/mol. The summed E-state index contributed by atoms with van der Waals surface area (Å²) < 4.78 is 10.5. The highest BCUT2D eigenvalue weighted by Crippen LogP contribution is 2.21. The van der Waals surface area contributed by atoms with Crippen LogP contribution in [0.4, 0.5) is 5.69 Å². The van der Waals surface area contributed by atoms with Crippen LogP contribution in [-0.4, -0.2) is 20.1 Å². The van der Waals surface area contributed by atoms with Crippen LogP contribution in [0.15, 0.2) is 41.0 Å². The summed E-state index contributed by atoms with van der Waals surface area (Å²) in [4.78, 5) is 13.3. The largest absolute Gasteiger partial charge is 0.497 e. The molecule has 1 heterocycles. The van der Waals surface area contributed by atoms with Crippen molar-refractivity contribution >= 4 is 11.6 Å². The van der Waals surface area contributed by atoms with Gasteiger partial charge in [0.15, 0.2) is 0 Å². The number of hydrogen-bond donors (Lipinski definition) is 2. The fraction of sp³-hybridized carbons (Fsp3) is 0.214. The third-order valence-electron chi connectivity index (χ3n) is 2.93. The van der Waals surface area contributed by atoms with E-state index in [0.717, 1.165) is 11.4 Å². The Hall–Kier alpha value is -2.47. The molecule has 0 atom stereocenters. The number of nitrogens with two attached hydrogens (primary N) is 1. The molecule has 3 N–H and O–H groups in total. The highest BCUT2D eigenvalue weighted by atomic mass is 16.5. The molecule has 0 bridgehead atoms. The maximum atomic E-state index is 11.3. The van der Waals surface area contributed by atoms with E-state index in [1.54, 1.807) is 13.2 Å². The van der Waals surface area contributed by atoms with Gasteiger partial charge in [-0.25, -0.2) is 5.84 Å². The van der Waals surface area contributed by atoms with Gasteiger partial charge in [-0.1, -0.05) is 6.07 Å². The van der Waals surface area contributed by atoms with E-state index in [1.165, 1.54) is 6.26 Å². The lowest BCUT2D eigenvalue weighted by Gasteiger charge is -2.18. The number of amides is 1. The molecular formula is C14H17N3O3. The molecule has 106 valence electrons. The molecule has 0 aliphatic heterocycles. The average molecular weight is 275 g/mol. The zero-order valence-corrected chi connectivity index (χ0v) is 11.4. The molecule has 6 heteroatoms. The van der Waals surface area contributed by atoms with Gasteiger partial charge in [0.2, 0.25) is 0 Å². The van der Waals surface area contributed by atoms with E-state index in [1.807, 2.05) is 36.2 Å². The fourth-order valence-electron chi connectivity index (χ4n) is 1.84. The third kappa shape index (κ3) is 3.10. The molecule has 1 amide bonds. The predicted octanol–water partition coefficient (Wildman–Crippen LogP) is 1.53. The number of anilines is 1. The number of nitrogen functional groups attached to an aromatic ring is 1. The van der Waals surface area contributed by atoms with E-state index >= 15 is 0 Å². The summed E-state index contributed by atoms with van der Waals surface area (Å²) in [7, 11) is 3.56. The molecule has 6 nitrogen and oxygen atoms in total. The number of nitrogens with zero attached hydrogens (tertiary/aromatic N) is 1. The molecule has 20 heavy (non-hydrogen) atoms. The van der Waals surface area contributed by atoms with Crippen LogP contribution >= 0.6 is 0 Å². The zero-order valence-electron chi connectivity index (χ0n) is 11.4. The Morgan fingerprint density at radius 2 is 2.25 bits per heavy atom. The van der Waals surface area contributed by atoms with Gasteiger partial charge in [-0.2, -0.15) is 0 Å². The summed E-state index contributed by atoms with van der Waals surface area (Å²) in [5, 5.41) is 0. The fourth-order valence-corrected chi connectivity index (χ4v) is 1.84. The molecule has 2 rings (SSSR count). The minimum absolute atomic E-state index is 0.371. The van der Waals surface area contributed by atoms with Crippen molar-refractivity contribution < 1.29 is 13.9 Å². The van der Waals surface area contributed by atoms with Gasteiger partial charge in [0, 0.05) is 18.8 Å². The Bertz CT molecular complexity index is 595. The minimum Gasteiger partial charge on any atom is -0.497 e. The van der Waals surface area contributed by atoms with Crippen LogP contribution in [0.5, 0.6) is 5.75 Å². The Balaban J connectivity index is 2.08. The molecule has 0 spiro atoms. The number of hydrogen-bond acceptors (Lipinski definition) is 5. The molecule has 0 saturated carbocycles. The van der Waals surface area contributed by atoms with Crippen molar-refractivity contribution in [3.8, 4) is 5.75 Å². The lowest BCUT2D eigenvalue weighted by Crippen LogP contribution is -2.29. The van der Waals surface area contributed by atoms with Crippen molar-refractivity contribution in [3.63, 3.8) is 0 Å². The Labute approximate surface area is 117 Å². The average Bonchev–Trinajstić information content (AvgIpc) is 2.95. The molecule has 0 unspecified atom stereocenters. The molecule has 1 aromatic heterocycles. The first-order valence-corrected chi connectivity index (χ1v) is 6.07. The molecule has 1 aromatic carbocycles. The van der Waals surface area contributed by atoms with Crippen LogP contribution in [0, 0.1) is 0 Å². The van der Waals surface area contributed by atoms with Gasteiger partial charge in [0.1, 0.15) is 17.8 Å². The summed E-state index contributed by atoms with van der Waals surface area (Å²) >= 11 is 0. The van der Waals surface area contributed by atoms with Gasteiger partial charge in [-0.05, 0) is 18.2 Å². The number of benzene rings is 1. The highest BCUT2D eigenvalue weighted by molar-refractivity contribution is 5.93. The van der Waals surface area contributed by atoms with E-state index in [0.29, 0.717) is 17.9 Å². The molecular weight excluding hydrogens is 258 g/mol. The topological polar surface area (TPSA) is 80.7 Å². The van der Waals surface area contributed by atoms with Crippen molar-refractivity contribution in [2.24, 2.45) is 5.84 Å². The van der Waals surface area contributed by atoms with Crippen molar-refractivity contribution in [1.29, 1.82) is 0 Å². The number of carbonyl (C=O) groups is 1. The number of ether oxygens (including phenoxy) is 1. The first-order chi connectivity index (χ1) is 9.63. The van der Waals surface area contributed by atoms with Gasteiger partial charge in [0.05, 0.1) is 19.2 Å². The van der Waals surface area contributed by atoms with E-state index in [9.17, 15) is 4.79 Å².